The monoisotopic (exact) mass is 247 g/mol. The number of hydrogen-bond donors (Lipinski definition) is 0. The molecule has 0 bridgehead atoms. The number of ether oxygens (including phenoxy) is 1. The van der Waals surface area contributed by atoms with Crippen LogP contribution in [0, 0.1) is 0 Å². The third-order valence-electron chi connectivity index (χ3n) is 1.98. The van der Waals surface area contributed by atoms with Crippen molar-refractivity contribution in [3.8, 4) is 5.75 Å². The molecule has 0 radical (unpaired) electrons. The number of aromatic nitrogens is 1. The van der Waals surface area contributed by atoms with Crippen LogP contribution < -0.4 is 4.74 Å². The SMILES string of the molecule is CCOc1cncc(C(=O)CCC(F)(F)F)c1. The standard InChI is InChI=1S/C11H12F3NO2/c1-2-17-9-5-8(6-15-7-9)10(16)3-4-11(12,13)14/h5-7H,2-4H2,1H3. The molecule has 0 saturated carbocycles. The predicted molar refractivity (Wildman–Crippen MR) is 55.0 cm³/mol. The smallest absolute Gasteiger partial charge is 0.389 e. The van der Waals surface area contributed by atoms with Gasteiger partial charge in [0.15, 0.2) is 5.78 Å². The van der Waals surface area contributed by atoms with Gasteiger partial charge in [-0.25, -0.2) is 0 Å². The third kappa shape index (κ3) is 4.84. The van der Waals surface area contributed by atoms with Crippen molar-refractivity contribution in [2.75, 3.05) is 6.61 Å². The molecule has 94 valence electrons. The first-order chi connectivity index (χ1) is 7.92. The van der Waals surface area contributed by atoms with Crippen LogP contribution >= 0.6 is 0 Å². The molecule has 0 aliphatic carbocycles. The second-order valence-corrected chi connectivity index (χ2v) is 3.38. The predicted octanol–water partition coefficient (Wildman–Crippen LogP) is 3.01. The molecule has 1 rings (SSSR count). The van der Waals surface area contributed by atoms with Gasteiger partial charge in [0.05, 0.1) is 19.2 Å². The Morgan fingerprint density at radius 1 is 1.41 bits per heavy atom. The fourth-order valence-electron chi connectivity index (χ4n) is 1.22. The summed E-state index contributed by atoms with van der Waals surface area (Å²) in [5.74, 6) is -0.207. The van der Waals surface area contributed by atoms with Crippen molar-refractivity contribution >= 4 is 5.78 Å². The largest absolute Gasteiger partial charge is 0.492 e. The highest BCUT2D eigenvalue weighted by molar-refractivity contribution is 5.96. The van der Waals surface area contributed by atoms with Crippen LogP contribution in [0.1, 0.15) is 30.1 Å². The van der Waals surface area contributed by atoms with Gasteiger partial charge in [-0.15, -0.1) is 0 Å². The summed E-state index contributed by atoms with van der Waals surface area (Å²) in [5.41, 5.74) is 0.139. The van der Waals surface area contributed by atoms with Gasteiger partial charge in [-0.3, -0.25) is 9.78 Å². The molecule has 17 heavy (non-hydrogen) atoms. The Morgan fingerprint density at radius 2 is 2.12 bits per heavy atom. The van der Waals surface area contributed by atoms with Crippen LogP contribution in [0.25, 0.3) is 0 Å². The van der Waals surface area contributed by atoms with Gasteiger partial charge in [0.25, 0.3) is 0 Å². The molecule has 0 atom stereocenters. The number of pyridine rings is 1. The van der Waals surface area contributed by atoms with Crippen LogP contribution in [0.4, 0.5) is 13.2 Å². The molecule has 0 amide bonds. The van der Waals surface area contributed by atoms with E-state index in [-0.39, 0.29) is 5.56 Å². The molecule has 6 heteroatoms. The number of halogens is 3. The summed E-state index contributed by atoms with van der Waals surface area (Å²) in [7, 11) is 0. The molecule has 0 saturated heterocycles. The second-order valence-electron chi connectivity index (χ2n) is 3.38. The second kappa shape index (κ2) is 5.65. The van der Waals surface area contributed by atoms with E-state index in [1.54, 1.807) is 6.92 Å². The zero-order valence-electron chi connectivity index (χ0n) is 9.25. The summed E-state index contributed by atoms with van der Waals surface area (Å²) in [5, 5.41) is 0. The lowest BCUT2D eigenvalue weighted by atomic mass is 10.1. The summed E-state index contributed by atoms with van der Waals surface area (Å²) in [6.07, 6.45) is -3.36. The normalized spacial score (nSPS) is 11.3. The lowest BCUT2D eigenvalue weighted by molar-refractivity contribution is -0.133. The fraction of sp³-hybridized carbons (Fsp3) is 0.455. The molecule has 0 N–H and O–H groups in total. The van der Waals surface area contributed by atoms with E-state index in [1.165, 1.54) is 18.5 Å². The fourth-order valence-corrected chi connectivity index (χ4v) is 1.22. The van der Waals surface area contributed by atoms with E-state index in [4.69, 9.17) is 4.74 Å². The maximum atomic E-state index is 11.9. The molecule has 0 unspecified atom stereocenters. The number of ketones is 1. The number of Topliss-reactive ketones (excluding diaryl/α,β-unsaturated/α-hetero) is 1. The Kier molecular flexibility index (Phi) is 4.48. The number of carbonyl (C=O) groups is 1. The Bertz CT molecular complexity index is 391. The van der Waals surface area contributed by atoms with Gasteiger partial charge in [-0.2, -0.15) is 13.2 Å². The summed E-state index contributed by atoms with van der Waals surface area (Å²) in [4.78, 5) is 15.2. The van der Waals surface area contributed by atoms with Crippen molar-refractivity contribution in [1.82, 2.24) is 4.98 Å². The number of rotatable bonds is 5. The van der Waals surface area contributed by atoms with E-state index in [0.717, 1.165) is 0 Å². The first-order valence-electron chi connectivity index (χ1n) is 5.10. The molecule has 1 aromatic heterocycles. The minimum atomic E-state index is -4.32. The maximum Gasteiger partial charge on any atom is 0.389 e. The van der Waals surface area contributed by atoms with Crippen LogP contribution in [0.15, 0.2) is 18.5 Å². The zero-order chi connectivity index (χ0) is 12.9. The van der Waals surface area contributed by atoms with E-state index in [2.05, 4.69) is 4.98 Å². The summed E-state index contributed by atoms with van der Waals surface area (Å²) in [6, 6.07) is 1.40. The first-order valence-corrected chi connectivity index (χ1v) is 5.10. The molecular weight excluding hydrogens is 235 g/mol. The molecule has 0 spiro atoms. The van der Waals surface area contributed by atoms with Gasteiger partial charge < -0.3 is 4.74 Å². The third-order valence-corrected chi connectivity index (χ3v) is 1.98. The van der Waals surface area contributed by atoms with Gasteiger partial charge in [0.1, 0.15) is 5.75 Å². The highest BCUT2D eigenvalue weighted by atomic mass is 19.4. The van der Waals surface area contributed by atoms with Crippen LogP contribution in [0.5, 0.6) is 5.75 Å². The minimum Gasteiger partial charge on any atom is -0.492 e. The van der Waals surface area contributed by atoms with Crippen molar-refractivity contribution in [3.63, 3.8) is 0 Å². The Morgan fingerprint density at radius 3 is 2.71 bits per heavy atom. The summed E-state index contributed by atoms with van der Waals surface area (Å²) in [6.45, 7) is 2.17. The molecule has 0 fully saturated rings. The Balaban J connectivity index is 2.65. The number of hydrogen-bond acceptors (Lipinski definition) is 3. The topological polar surface area (TPSA) is 39.2 Å². The molecule has 1 heterocycles. The molecule has 1 aromatic rings. The van der Waals surface area contributed by atoms with Crippen molar-refractivity contribution in [2.45, 2.75) is 25.9 Å². The van der Waals surface area contributed by atoms with Crippen molar-refractivity contribution in [1.29, 1.82) is 0 Å². The van der Waals surface area contributed by atoms with Gasteiger partial charge in [-0.1, -0.05) is 0 Å². The van der Waals surface area contributed by atoms with Gasteiger partial charge in [-0.05, 0) is 13.0 Å². The van der Waals surface area contributed by atoms with Crippen molar-refractivity contribution < 1.29 is 22.7 Å². The van der Waals surface area contributed by atoms with Gasteiger partial charge >= 0.3 is 6.18 Å². The zero-order valence-corrected chi connectivity index (χ0v) is 9.25. The van der Waals surface area contributed by atoms with Crippen molar-refractivity contribution in [3.05, 3.63) is 24.0 Å². The van der Waals surface area contributed by atoms with Gasteiger partial charge in [0.2, 0.25) is 0 Å². The van der Waals surface area contributed by atoms with Crippen molar-refractivity contribution in [2.24, 2.45) is 0 Å². The van der Waals surface area contributed by atoms with Crippen LogP contribution in [-0.4, -0.2) is 23.6 Å². The van der Waals surface area contributed by atoms with E-state index in [0.29, 0.717) is 12.4 Å². The lowest BCUT2D eigenvalue weighted by Gasteiger charge is -2.06. The molecule has 0 aromatic carbocycles. The molecule has 0 aliphatic rings. The van der Waals surface area contributed by atoms with Crippen LogP contribution in [0.2, 0.25) is 0 Å². The quantitative estimate of drug-likeness (QED) is 0.751. The highest BCUT2D eigenvalue weighted by Gasteiger charge is 2.28. The number of nitrogens with zero attached hydrogens (tertiary/aromatic N) is 1. The van der Waals surface area contributed by atoms with Crippen LogP contribution in [0.3, 0.4) is 0 Å². The van der Waals surface area contributed by atoms with Crippen LogP contribution in [-0.2, 0) is 0 Å². The van der Waals surface area contributed by atoms with E-state index in [1.807, 2.05) is 0 Å². The average Bonchev–Trinajstić information content (AvgIpc) is 2.26. The minimum absolute atomic E-state index is 0.139. The number of carbonyl (C=O) groups excluding carboxylic acids is 1. The Labute approximate surface area is 96.6 Å². The Hall–Kier alpha value is -1.59. The number of alkyl halides is 3. The highest BCUT2D eigenvalue weighted by Crippen LogP contribution is 2.23. The molecular formula is C11H12F3NO2. The van der Waals surface area contributed by atoms with E-state index < -0.39 is 24.8 Å². The summed E-state index contributed by atoms with van der Waals surface area (Å²) >= 11 is 0. The summed E-state index contributed by atoms with van der Waals surface area (Å²) < 4.78 is 40.9. The first kappa shape index (κ1) is 13.5. The molecule has 3 nitrogen and oxygen atoms in total. The van der Waals surface area contributed by atoms with E-state index >= 15 is 0 Å². The average molecular weight is 247 g/mol. The molecule has 0 aliphatic heterocycles. The maximum absolute atomic E-state index is 11.9. The lowest BCUT2D eigenvalue weighted by Crippen LogP contribution is -2.11. The van der Waals surface area contributed by atoms with Gasteiger partial charge in [0, 0.05) is 18.2 Å². The van der Waals surface area contributed by atoms with E-state index in [9.17, 15) is 18.0 Å².